The fourth-order valence-corrected chi connectivity index (χ4v) is 2.43. The molecule has 1 unspecified atom stereocenters. The first-order chi connectivity index (χ1) is 10.5. The van der Waals surface area contributed by atoms with Crippen molar-refractivity contribution >= 4 is 29.4 Å². The molecule has 1 fully saturated rings. The summed E-state index contributed by atoms with van der Waals surface area (Å²) in [6, 6.07) is 8.08. The number of imide groups is 2. The summed E-state index contributed by atoms with van der Waals surface area (Å²) < 4.78 is 0. The summed E-state index contributed by atoms with van der Waals surface area (Å²) in [5.74, 6) is -4.88. The lowest BCUT2D eigenvalue weighted by atomic mass is 9.96. The SMILES string of the molecule is O=C(c1ccccc1)C1CC(=O)N(N2C(=O)C=CC2=O)C1=O. The van der Waals surface area contributed by atoms with Gasteiger partial charge in [0.15, 0.2) is 5.78 Å². The first-order valence-electron chi connectivity index (χ1n) is 6.53. The van der Waals surface area contributed by atoms with E-state index in [9.17, 15) is 24.0 Å². The van der Waals surface area contributed by atoms with Crippen LogP contribution in [0.5, 0.6) is 0 Å². The van der Waals surface area contributed by atoms with E-state index in [4.69, 9.17) is 0 Å². The topological polar surface area (TPSA) is 91.8 Å². The molecule has 7 heteroatoms. The van der Waals surface area contributed by atoms with Gasteiger partial charge in [-0.05, 0) is 0 Å². The fourth-order valence-electron chi connectivity index (χ4n) is 2.43. The Bertz CT molecular complexity index is 720. The van der Waals surface area contributed by atoms with E-state index >= 15 is 0 Å². The zero-order valence-corrected chi connectivity index (χ0v) is 11.3. The first kappa shape index (κ1) is 13.9. The van der Waals surface area contributed by atoms with Crippen LogP contribution >= 0.6 is 0 Å². The van der Waals surface area contributed by atoms with Gasteiger partial charge in [-0.15, -0.1) is 0 Å². The summed E-state index contributed by atoms with van der Waals surface area (Å²) in [7, 11) is 0. The minimum atomic E-state index is -1.21. The highest BCUT2D eigenvalue weighted by molar-refractivity contribution is 6.22. The van der Waals surface area contributed by atoms with Crippen molar-refractivity contribution in [1.29, 1.82) is 0 Å². The number of rotatable bonds is 3. The maximum Gasteiger partial charge on any atom is 0.273 e. The second-order valence-corrected chi connectivity index (χ2v) is 4.85. The molecule has 0 aromatic heterocycles. The number of benzene rings is 1. The highest BCUT2D eigenvalue weighted by atomic mass is 16.2. The second-order valence-electron chi connectivity index (χ2n) is 4.85. The molecule has 1 saturated heterocycles. The molecule has 2 heterocycles. The molecule has 4 amide bonds. The number of carbonyl (C=O) groups is 5. The van der Waals surface area contributed by atoms with Crippen LogP contribution in [0.15, 0.2) is 42.5 Å². The minimum Gasteiger partial charge on any atom is -0.293 e. The van der Waals surface area contributed by atoms with Crippen molar-refractivity contribution < 1.29 is 24.0 Å². The molecule has 1 atom stereocenters. The van der Waals surface area contributed by atoms with E-state index in [0.717, 1.165) is 12.2 Å². The molecule has 0 radical (unpaired) electrons. The van der Waals surface area contributed by atoms with Gasteiger partial charge in [0, 0.05) is 24.1 Å². The van der Waals surface area contributed by atoms with Gasteiger partial charge in [0.1, 0.15) is 5.92 Å². The molecule has 110 valence electrons. The van der Waals surface area contributed by atoms with Gasteiger partial charge in [0.05, 0.1) is 0 Å². The third-order valence-electron chi connectivity index (χ3n) is 3.48. The summed E-state index contributed by atoms with van der Waals surface area (Å²) in [5, 5.41) is 0.930. The molecule has 2 aliphatic heterocycles. The molecule has 0 aliphatic carbocycles. The van der Waals surface area contributed by atoms with E-state index in [1.807, 2.05) is 0 Å². The van der Waals surface area contributed by atoms with Crippen LogP contribution in [0.3, 0.4) is 0 Å². The summed E-state index contributed by atoms with van der Waals surface area (Å²) in [5.41, 5.74) is 0.299. The number of carbonyl (C=O) groups excluding carboxylic acids is 5. The van der Waals surface area contributed by atoms with Gasteiger partial charge in [-0.25, -0.2) is 0 Å². The largest absolute Gasteiger partial charge is 0.293 e. The zero-order valence-electron chi connectivity index (χ0n) is 11.3. The molecular formula is C15H10N2O5. The number of ketones is 1. The average molecular weight is 298 g/mol. The number of hydrogen-bond acceptors (Lipinski definition) is 5. The first-order valence-corrected chi connectivity index (χ1v) is 6.53. The van der Waals surface area contributed by atoms with E-state index in [0.29, 0.717) is 15.6 Å². The molecule has 1 aromatic carbocycles. The van der Waals surface area contributed by atoms with Crippen molar-refractivity contribution in [2.24, 2.45) is 5.92 Å². The van der Waals surface area contributed by atoms with Crippen LogP contribution in [0.4, 0.5) is 0 Å². The van der Waals surface area contributed by atoms with Crippen LogP contribution in [0.25, 0.3) is 0 Å². The van der Waals surface area contributed by atoms with E-state index in [-0.39, 0.29) is 6.42 Å². The van der Waals surface area contributed by atoms with Crippen molar-refractivity contribution in [1.82, 2.24) is 10.0 Å². The highest BCUT2D eigenvalue weighted by Crippen LogP contribution is 2.26. The van der Waals surface area contributed by atoms with Gasteiger partial charge >= 0.3 is 0 Å². The lowest BCUT2D eigenvalue weighted by molar-refractivity contribution is -0.171. The Hall–Kier alpha value is -3.09. The average Bonchev–Trinajstić information content (AvgIpc) is 2.99. The lowest BCUT2D eigenvalue weighted by Gasteiger charge is -2.23. The van der Waals surface area contributed by atoms with Crippen LogP contribution < -0.4 is 0 Å². The Morgan fingerprint density at radius 2 is 1.50 bits per heavy atom. The van der Waals surface area contributed by atoms with Gasteiger partial charge < -0.3 is 0 Å². The molecule has 3 rings (SSSR count). The lowest BCUT2D eigenvalue weighted by Crippen LogP contribution is -2.50. The third-order valence-corrected chi connectivity index (χ3v) is 3.48. The highest BCUT2D eigenvalue weighted by Gasteiger charge is 2.49. The van der Waals surface area contributed by atoms with Crippen LogP contribution in [-0.2, 0) is 19.2 Å². The third kappa shape index (κ3) is 2.03. The molecule has 0 bridgehead atoms. The van der Waals surface area contributed by atoms with Crippen LogP contribution in [0.1, 0.15) is 16.8 Å². The summed E-state index contributed by atoms with van der Waals surface area (Å²) in [4.78, 5) is 59.8. The Labute approximate surface area is 124 Å². The Balaban J connectivity index is 1.88. The maximum atomic E-state index is 12.3. The van der Waals surface area contributed by atoms with Crippen LogP contribution in [0, 0.1) is 5.92 Å². The Kier molecular flexibility index (Phi) is 3.17. The molecule has 0 N–H and O–H groups in total. The molecule has 2 aliphatic rings. The molecule has 7 nitrogen and oxygen atoms in total. The fraction of sp³-hybridized carbons (Fsp3) is 0.133. The second kappa shape index (κ2) is 5.03. The van der Waals surface area contributed by atoms with Gasteiger partial charge in [0.25, 0.3) is 17.7 Å². The monoisotopic (exact) mass is 298 g/mol. The predicted octanol–water partition coefficient (Wildman–Crippen LogP) is 0.0844. The number of nitrogens with zero attached hydrogens (tertiary/aromatic N) is 2. The van der Waals surface area contributed by atoms with Gasteiger partial charge in [-0.2, -0.15) is 10.0 Å². The van der Waals surface area contributed by atoms with E-state index in [1.54, 1.807) is 18.2 Å². The van der Waals surface area contributed by atoms with Gasteiger partial charge in [-0.1, -0.05) is 30.3 Å². The predicted molar refractivity (Wildman–Crippen MR) is 71.7 cm³/mol. The molecule has 22 heavy (non-hydrogen) atoms. The molecule has 0 spiro atoms. The maximum absolute atomic E-state index is 12.3. The molecule has 0 saturated carbocycles. The van der Waals surface area contributed by atoms with E-state index in [2.05, 4.69) is 0 Å². The smallest absolute Gasteiger partial charge is 0.273 e. The van der Waals surface area contributed by atoms with Crippen molar-refractivity contribution in [2.75, 3.05) is 0 Å². The summed E-state index contributed by atoms with van der Waals surface area (Å²) in [6.07, 6.45) is 1.58. The standard InChI is InChI=1S/C15H10N2O5/c18-11-6-7-12(19)16(11)17-13(20)8-10(15(17)22)14(21)9-4-2-1-3-5-9/h1-7,10H,8H2. The van der Waals surface area contributed by atoms with E-state index < -0.39 is 35.3 Å². The van der Waals surface area contributed by atoms with Crippen molar-refractivity contribution in [3.05, 3.63) is 48.0 Å². The van der Waals surface area contributed by atoms with Crippen molar-refractivity contribution in [3.8, 4) is 0 Å². The minimum absolute atomic E-state index is 0.299. The van der Waals surface area contributed by atoms with Crippen LogP contribution in [-0.4, -0.2) is 39.4 Å². The summed E-state index contributed by atoms with van der Waals surface area (Å²) >= 11 is 0. The molecule has 1 aromatic rings. The van der Waals surface area contributed by atoms with Crippen LogP contribution in [0.2, 0.25) is 0 Å². The van der Waals surface area contributed by atoms with E-state index in [1.165, 1.54) is 12.1 Å². The number of amides is 4. The summed E-state index contributed by atoms with van der Waals surface area (Å²) in [6.45, 7) is 0. The number of hydrogen-bond donors (Lipinski definition) is 0. The van der Waals surface area contributed by atoms with Gasteiger partial charge in [-0.3, -0.25) is 24.0 Å². The normalized spacial score (nSPS) is 21.2. The Morgan fingerprint density at radius 1 is 0.909 bits per heavy atom. The number of hydrazine groups is 1. The van der Waals surface area contributed by atoms with Crippen molar-refractivity contribution in [2.45, 2.75) is 6.42 Å². The molecular weight excluding hydrogens is 288 g/mol. The zero-order chi connectivity index (χ0) is 15.9. The quantitative estimate of drug-likeness (QED) is 0.448. The Morgan fingerprint density at radius 3 is 2.09 bits per heavy atom. The number of Topliss-reactive ketones (excluding diaryl/α,β-unsaturated/α-hetero) is 1. The van der Waals surface area contributed by atoms with Crippen molar-refractivity contribution in [3.63, 3.8) is 0 Å². The van der Waals surface area contributed by atoms with Gasteiger partial charge in [0.2, 0.25) is 5.91 Å².